The molecule has 0 aliphatic carbocycles. The zero-order valence-electron chi connectivity index (χ0n) is 17.2. The number of rotatable bonds is 8. The van der Waals surface area contributed by atoms with Gasteiger partial charge in [-0.15, -0.1) is 0 Å². The lowest BCUT2D eigenvalue weighted by atomic mass is 10.1. The van der Waals surface area contributed by atoms with Gasteiger partial charge in [0.2, 0.25) is 0 Å². The number of halogens is 1. The third kappa shape index (κ3) is 7.35. The Morgan fingerprint density at radius 1 is 1.21 bits per heavy atom. The number of amides is 2. The van der Waals surface area contributed by atoms with Crippen LogP contribution in [0.5, 0.6) is 5.75 Å². The zero-order chi connectivity index (χ0) is 21.2. The Morgan fingerprint density at radius 3 is 2.55 bits per heavy atom. The van der Waals surface area contributed by atoms with E-state index >= 15 is 0 Å². The highest BCUT2D eigenvalue weighted by atomic mass is 35.5. The number of hydrogen-bond acceptors (Lipinski definition) is 2. The molecule has 5 nitrogen and oxygen atoms in total. The van der Waals surface area contributed by atoms with Crippen molar-refractivity contribution in [1.29, 1.82) is 0 Å². The van der Waals surface area contributed by atoms with Crippen LogP contribution in [0.3, 0.4) is 0 Å². The number of amidine groups is 1. The topological polar surface area (TPSA) is 63.0 Å². The second kappa shape index (κ2) is 11.4. The molecule has 0 spiro atoms. The van der Waals surface area contributed by atoms with E-state index in [1.165, 1.54) is 0 Å². The molecule has 0 aliphatic heterocycles. The molecule has 0 saturated heterocycles. The van der Waals surface area contributed by atoms with E-state index in [4.69, 9.17) is 16.3 Å². The van der Waals surface area contributed by atoms with E-state index in [-0.39, 0.29) is 5.84 Å². The predicted octanol–water partition coefficient (Wildman–Crippen LogP) is 5.68. The molecule has 0 bridgehead atoms. The summed E-state index contributed by atoms with van der Waals surface area (Å²) in [5.74, 6) is 1.62. The summed E-state index contributed by atoms with van der Waals surface area (Å²) in [5, 5.41) is 3.36. The fraction of sp³-hybridized carbons (Fsp3) is 0.348. The largest absolute Gasteiger partial charge is 0.494 e. The lowest BCUT2D eigenvalue weighted by Gasteiger charge is -2.09. The molecule has 6 heteroatoms. The fourth-order valence-electron chi connectivity index (χ4n) is 2.59. The minimum atomic E-state index is -0.498. The molecular formula is C23H28ClN3O2. The molecule has 0 heterocycles. The van der Waals surface area contributed by atoms with E-state index in [1.54, 1.807) is 0 Å². The van der Waals surface area contributed by atoms with Gasteiger partial charge in [-0.1, -0.05) is 44.5 Å². The third-order valence-electron chi connectivity index (χ3n) is 4.38. The molecule has 0 unspecified atom stereocenters. The first-order valence-electron chi connectivity index (χ1n) is 9.76. The van der Waals surface area contributed by atoms with Gasteiger partial charge >= 0.3 is 6.03 Å². The number of ether oxygens (including phenoxy) is 1. The Balaban J connectivity index is 1.99. The van der Waals surface area contributed by atoms with Crippen LogP contribution in [0.1, 0.15) is 43.9 Å². The zero-order valence-corrected chi connectivity index (χ0v) is 18.0. The summed E-state index contributed by atoms with van der Waals surface area (Å²) in [7, 11) is 0. The molecule has 154 valence electrons. The summed E-state index contributed by atoms with van der Waals surface area (Å²) in [6.07, 6.45) is 1.89. The predicted molar refractivity (Wildman–Crippen MR) is 121 cm³/mol. The van der Waals surface area contributed by atoms with Crippen LogP contribution in [0.4, 0.5) is 4.79 Å². The van der Waals surface area contributed by atoms with E-state index in [1.807, 2.05) is 42.5 Å². The molecule has 2 amide bonds. The van der Waals surface area contributed by atoms with Crippen molar-refractivity contribution in [1.82, 2.24) is 5.32 Å². The van der Waals surface area contributed by atoms with Gasteiger partial charge in [0.1, 0.15) is 5.75 Å². The van der Waals surface area contributed by atoms with Crippen LogP contribution in [0.15, 0.2) is 52.4 Å². The monoisotopic (exact) mass is 413 g/mol. The Hall–Kier alpha value is -2.66. The number of benzene rings is 2. The minimum Gasteiger partial charge on any atom is -0.494 e. The summed E-state index contributed by atoms with van der Waals surface area (Å²) < 4.78 is 5.71. The van der Waals surface area contributed by atoms with Crippen molar-refractivity contribution < 1.29 is 9.53 Å². The van der Waals surface area contributed by atoms with Crippen LogP contribution in [0.2, 0.25) is 5.02 Å². The van der Waals surface area contributed by atoms with Gasteiger partial charge in [0.15, 0.2) is 5.84 Å². The van der Waals surface area contributed by atoms with Crippen molar-refractivity contribution in [2.75, 3.05) is 6.61 Å². The highest BCUT2D eigenvalue weighted by Gasteiger charge is 2.08. The average Bonchev–Trinajstić information content (AvgIpc) is 2.71. The molecule has 2 aromatic carbocycles. The second-order valence-electron chi connectivity index (χ2n) is 7.09. The Bertz CT molecular complexity index is 861. The molecular weight excluding hydrogens is 386 g/mol. The Morgan fingerprint density at radius 2 is 1.93 bits per heavy atom. The maximum atomic E-state index is 12.2. The molecule has 2 aromatic rings. The standard InChI is InChI=1S/C23H28ClN3O2/c1-5-17-6-11-21(24)19(14-17)15-26-23(28)27-22(25-4)18-7-9-20(10-8-18)29-13-12-16(2)3/h6-11,14,16H,4-5,12-13,15H2,1-3H3,(H,26,28). The molecule has 2 rings (SSSR count). The maximum absolute atomic E-state index is 12.2. The van der Waals surface area contributed by atoms with Gasteiger partial charge in [0.25, 0.3) is 0 Å². The number of carbonyl (C=O) groups is 1. The van der Waals surface area contributed by atoms with Crippen LogP contribution in [0, 0.1) is 5.92 Å². The summed E-state index contributed by atoms with van der Waals surface area (Å²) in [6, 6.07) is 12.6. The van der Waals surface area contributed by atoms with Gasteiger partial charge in [0.05, 0.1) is 6.61 Å². The normalized spacial score (nSPS) is 11.4. The SMILES string of the molecule is C=NC(=NC(=O)NCc1cc(CC)ccc1Cl)c1ccc(OCCC(C)C)cc1. The van der Waals surface area contributed by atoms with Crippen LogP contribution in [-0.4, -0.2) is 25.2 Å². The number of nitrogens with zero attached hydrogens (tertiary/aromatic N) is 2. The van der Waals surface area contributed by atoms with Crippen molar-refractivity contribution in [3.8, 4) is 5.75 Å². The summed E-state index contributed by atoms with van der Waals surface area (Å²) in [5.41, 5.74) is 2.70. The number of aryl methyl sites for hydroxylation is 1. The number of aliphatic imine (C=N–C) groups is 2. The molecule has 0 aliphatic rings. The van der Waals surface area contributed by atoms with E-state index in [2.05, 4.69) is 42.8 Å². The third-order valence-corrected chi connectivity index (χ3v) is 4.75. The fourth-order valence-corrected chi connectivity index (χ4v) is 2.78. The van der Waals surface area contributed by atoms with E-state index in [0.29, 0.717) is 29.7 Å². The number of nitrogens with one attached hydrogen (secondary N) is 1. The van der Waals surface area contributed by atoms with Crippen molar-refractivity contribution in [2.45, 2.75) is 40.2 Å². The maximum Gasteiger partial charge on any atom is 0.343 e. The van der Waals surface area contributed by atoms with E-state index in [0.717, 1.165) is 29.7 Å². The molecule has 0 saturated carbocycles. The lowest BCUT2D eigenvalue weighted by Crippen LogP contribution is -2.21. The van der Waals surface area contributed by atoms with Crippen LogP contribution < -0.4 is 10.1 Å². The number of hydrogen-bond donors (Lipinski definition) is 1. The summed E-state index contributed by atoms with van der Waals surface area (Å²) >= 11 is 6.21. The Kier molecular flexibility index (Phi) is 8.87. The second-order valence-corrected chi connectivity index (χ2v) is 7.49. The number of urea groups is 1. The molecule has 0 fully saturated rings. The van der Waals surface area contributed by atoms with Crippen molar-refractivity contribution >= 4 is 30.2 Å². The molecule has 0 aromatic heterocycles. The van der Waals surface area contributed by atoms with Gasteiger partial charge in [-0.3, -0.25) is 0 Å². The van der Waals surface area contributed by atoms with E-state index in [9.17, 15) is 4.79 Å². The van der Waals surface area contributed by atoms with Crippen LogP contribution in [-0.2, 0) is 13.0 Å². The highest BCUT2D eigenvalue weighted by Crippen LogP contribution is 2.18. The minimum absolute atomic E-state index is 0.254. The van der Waals surface area contributed by atoms with Crippen molar-refractivity contribution in [3.63, 3.8) is 0 Å². The molecule has 1 N–H and O–H groups in total. The first kappa shape index (κ1) is 22.6. The number of carbonyl (C=O) groups excluding carboxylic acids is 1. The first-order chi connectivity index (χ1) is 13.9. The highest BCUT2D eigenvalue weighted by molar-refractivity contribution is 6.31. The molecule has 0 atom stereocenters. The molecule has 29 heavy (non-hydrogen) atoms. The van der Waals surface area contributed by atoms with Gasteiger partial charge < -0.3 is 10.1 Å². The van der Waals surface area contributed by atoms with Crippen LogP contribution >= 0.6 is 11.6 Å². The van der Waals surface area contributed by atoms with Crippen molar-refractivity contribution in [3.05, 3.63) is 64.2 Å². The van der Waals surface area contributed by atoms with Gasteiger partial charge in [0, 0.05) is 17.1 Å². The quantitative estimate of drug-likeness (QED) is 0.446. The lowest BCUT2D eigenvalue weighted by molar-refractivity contribution is 0.249. The summed E-state index contributed by atoms with van der Waals surface area (Å²) in [4.78, 5) is 20.1. The van der Waals surface area contributed by atoms with Crippen LogP contribution in [0.25, 0.3) is 0 Å². The van der Waals surface area contributed by atoms with Gasteiger partial charge in [-0.2, -0.15) is 4.99 Å². The molecule has 0 radical (unpaired) electrons. The Labute approximate surface area is 177 Å². The van der Waals surface area contributed by atoms with Crippen molar-refractivity contribution in [2.24, 2.45) is 15.9 Å². The van der Waals surface area contributed by atoms with Gasteiger partial charge in [-0.05, 0) is 66.9 Å². The smallest absolute Gasteiger partial charge is 0.343 e. The van der Waals surface area contributed by atoms with Gasteiger partial charge in [-0.25, -0.2) is 9.79 Å². The summed E-state index contributed by atoms with van der Waals surface area (Å²) in [6.45, 7) is 10.9. The van der Waals surface area contributed by atoms with E-state index < -0.39 is 6.03 Å². The first-order valence-corrected chi connectivity index (χ1v) is 10.1. The average molecular weight is 414 g/mol.